The number of amides is 2. The zero-order valence-corrected chi connectivity index (χ0v) is 23.9. The molecule has 2 amide bonds. The highest BCUT2D eigenvalue weighted by Gasteiger charge is 2.26. The minimum Gasteiger partial charge on any atom is -0.497 e. The number of carbonyl (C=O) groups excluding carboxylic acids is 2. The van der Waals surface area contributed by atoms with Gasteiger partial charge in [0.25, 0.3) is 11.8 Å². The van der Waals surface area contributed by atoms with Crippen LogP contribution in [0.4, 0.5) is 0 Å². The van der Waals surface area contributed by atoms with E-state index in [4.69, 9.17) is 13.9 Å². The molecule has 222 valence electrons. The van der Waals surface area contributed by atoms with Gasteiger partial charge in [0.1, 0.15) is 18.1 Å². The van der Waals surface area contributed by atoms with E-state index < -0.39 is 6.10 Å². The average Bonchev–Trinajstić information content (AvgIpc) is 3.59. The maximum atomic E-state index is 13.0. The van der Waals surface area contributed by atoms with Crippen LogP contribution in [-0.4, -0.2) is 59.1 Å². The van der Waals surface area contributed by atoms with Gasteiger partial charge in [-0.15, -0.1) is 0 Å². The molecular formula is C33H34N4O6. The number of hydrogen-bond donors (Lipinski definition) is 3. The highest BCUT2D eigenvalue weighted by atomic mass is 16.5. The Morgan fingerprint density at radius 1 is 1.05 bits per heavy atom. The van der Waals surface area contributed by atoms with Crippen molar-refractivity contribution in [1.82, 2.24) is 20.5 Å². The van der Waals surface area contributed by atoms with E-state index in [1.165, 1.54) is 6.39 Å². The molecule has 3 aromatic carbocycles. The van der Waals surface area contributed by atoms with Gasteiger partial charge in [0.15, 0.2) is 12.2 Å². The van der Waals surface area contributed by atoms with Gasteiger partial charge < -0.3 is 34.5 Å². The number of methoxy groups -OCH3 is 1. The molecule has 3 heterocycles. The molecule has 43 heavy (non-hydrogen) atoms. The summed E-state index contributed by atoms with van der Waals surface area (Å²) < 4.78 is 16.2. The molecule has 2 atom stereocenters. The van der Waals surface area contributed by atoms with Crippen molar-refractivity contribution in [3.63, 3.8) is 0 Å². The van der Waals surface area contributed by atoms with Crippen molar-refractivity contribution in [3.05, 3.63) is 112 Å². The molecule has 0 spiro atoms. The maximum absolute atomic E-state index is 13.0. The molecule has 10 nitrogen and oxygen atoms in total. The Hall–Kier alpha value is -4.67. The number of hydrogen-bond acceptors (Lipinski definition) is 8. The summed E-state index contributed by atoms with van der Waals surface area (Å²) in [5, 5.41) is 17.1. The molecule has 1 aromatic heterocycles. The van der Waals surface area contributed by atoms with E-state index in [0.29, 0.717) is 61.7 Å². The summed E-state index contributed by atoms with van der Waals surface area (Å²) in [4.78, 5) is 31.7. The minimum atomic E-state index is -0.755. The van der Waals surface area contributed by atoms with Crippen molar-refractivity contribution in [3.8, 4) is 11.5 Å². The molecule has 6 rings (SSSR count). The number of fused-ring (bicyclic) bond motifs is 2. The quantitative estimate of drug-likeness (QED) is 0.275. The predicted molar refractivity (Wildman–Crippen MR) is 158 cm³/mol. The third kappa shape index (κ3) is 6.55. The first-order valence-electron chi connectivity index (χ1n) is 14.3. The van der Waals surface area contributed by atoms with Gasteiger partial charge in [-0.3, -0.25) is 9.59 Å². The van der Waals surface area contributed by atoms with Gasteiger partial charge in [0, 0.05) is 43.3 Å². The molecule has 4 aromatic rings. The fourth-order valence-corrected chi connectivity index (χ4v) is 5.57. The van der Waals surface area contributed by atoms with E-state index in [1.807, 2.05) is 35.2 Å². The Bertz CT molecular complexity index is 1590. The maximum Gasteiger partial charge on any atom is 0.254 e. The third-order valence-electron chi connectivity index (χ3n) is 8.08. The van der Waals surface area contributed by atoms with E-state index in [-0.39, 0.29) is 24.4 Å². The summed E-state index contributed by atoms with van der Waals surface area (Å²) in [5.41, 5.74) is 5.49. The highest BCUT2D eigenvalue weighted by molar-refractivity contribution is 5.95. The van der Waals surface area contributed by atoms with E-state index in [9.17, 15) is 14.7 Å². The fraction of sp³-hybridized carbons (Fsp3) is 0.303. The van der Waals surface area contributed by atoms with Gasteiger partial charge in [-0.25, -0.2) is 4.98 Å². The standard InChI is InChI=1S/C33H34N4O6/c1-41-27-7-4-21(5-8-27)33(40)37-11-10-23-12-24(2-3-25(23)18-37)32(39)36-17-31(38)30-14-22-6-9-28(13-26(22)15-35-30)42-19-29-16-34-20-43-29/h2-9,12-13,16,20,30-31,35,38H,10-11,14-15,17-19H2,1H3,(H,36,39)/t30-,31+/m0/s1. The lowest BCUT2D eigenvalue weighted by Gasteiger charge is -2.30. The predicted octanol–water partition coefficient (Wildman–Crippen LogP) is 3.27. The Kier molecular flexibility index (Phi) is 8.39. The lowest BCUT2D eigenvalue weighted by Crippen LogP contribution is -2.49. The van der Waals surface area contributed by atoms with Gasteiger partial charge in [0.05, 0.1) is 19.4 Å². The third-order valence-corrected chi connectivity index (χ3v) is 8.08. The van der Waals surface area contributed by atoms with Crippen LogP contribution in [0.1, 0.15) is 48.7 Å². The number of aromatic nitrogens is 1. The van der Waals surface area contributed by atoms with Crippen molar-refractivity contribution < 1.29 is 28.6 Å². The second-order valence-corrected chi connectivity index (χ2v) is 10.8. The minimum absolute atomic E-state index is 0.0281. The van der Waals surface area contributed by atoms with Crippen LogP contribution in [0.3, 0.4) is 0 Å². The monoisotopic (exact) mass is 582 g/mol. The van der Waals surface area contributed by atoms with E-state index >= 15 is 0 Å². The van der Waals surface area contributed by atoms with Gasteiger partial charge >= 0.3 is 0 Å². The van der Waals surface area contributed by atoms with Gasteiger partial charge in [-0.05, 0) is 83.6 Å². The van der Waals surface area contributed by atoms with Crippen molar-refractivity contribution >= 4 is 11.8 Å². The molecule has 0 fully saturated rings. The fourth-order valence-electron chi connectivity index (χ4n) is 5.57. The topological polar surface area (TPSA) is 126 Å². The van der Waals surface area contributed by atoms with Gasteiger partial charge in [-0.2, -0.15) is 0 Å². The van der Waals surface area contributed by atoms with E-state index in [0.717, 1.165) is 28.0 Å². The Balaban J connectivity index is 0.997. The number of carbonyl (C=O) groups is 2. The largest absolute Gasteiger partial charge is 0.497 e. The Labute approximate surface area is 249 Å². The molecule has 2 aliphatic rings. The number of ether oxygens (including phenoxy) is 2. The molecule has 10 heteroatoms. The summed E-state index contributed by atoms with van der Waals surface area (Å²) in [5.74, 6) is 1.84. The zero-order chi connectivity index (χ0) is 29.8. The molecule has 0 saturated heterocycles. The van der Waals surface area contributed by atoms with Crippen molar-refractivity contribution in [2.24, 2.45) is 0 Å². The number of oxazole rings is 1. The molecule has 0 bridgehead atoms. The number of benzene rings is 3. The molecule has 2 aliphatic heterocycles. The molecule has 3 N–H and O–H groups in total. The molecule has 0 aliphatic carbocycles. The van der Waals surface area contributed by atoms with Crippen LogP contribution in [0.2, 0.25) is 0 Å². The van der Waals surface area contributed by atoms with Crippen LogP contribution < -0.4 is 20.1 Å². The lowest BCUT2D eigenvalue weighted by molar-refractivity contribution is 0.0734. The Morgan fingerprint density at radius 2 is 1.84 bits per heavy atom. The molecule has 0 saturated carbocycles. The second kappa shape index (κ2) is 12.7. The normalized spacial score (nSPS) is 16.5. The summed E-state index contributed by atoms with van der Waals surface area (Å²) in [7, 11) is 1.60. The Morgan fingerprint density at radius 3 is 2.63 bits per heavy atom. The number of nitrogens with zero attached hydrogens (tertiary/aromatic N) is 2. The van der Waals surface area contributed by atoms with Gasteiger partial charge in [-0.1, -0.05) is 12.1 Å². The molecular weight excluding hydrogens is 548 g/mol. The zero-order valence-electron chi connectivity index (χ0n) is 23.9. The van der Waals surface area contributed by atoms with Crippen molar-refractivity contribution in [1.29, 1.82) is 0 Å². The SMILES string of the molecule is COc1ccc(C(=O)N2CCc3cc(C(=O)NC[C@@H](O)[C@@H]4Cc5ccc(OCc6cnco6)cc5CN4)ccc3C2)cc1. The smallest absolute Gasteiger partial charge is 0.254 e. The number of aliphatic hydroxyl groups is 1. The second-order valence-electron chi connectivity index (χ2n) is 10.8. The lowest BCUT2D eigenvalue weighted by atomic mass is 9.92. The van der Waals surface area contributed by atoms with E-state index in [1.54, 1.807) is 43.6 Å². The first kappa shape index (κ1) is 28.4. The van der Waals surface area contributed by atoms with Crippen molar-refractivity contribution in [2.45, 2.75) is 44.7 Å². The van der Waals surface area contributed by atoms with Crippen LogP contribution in [-0.2, 0) is 32.5 Å². The van der Waals surface area contributed by atoms with Crippen LogP contribution in [0, 0.1) is 0 Å². The van der Waals surface area contributed by atoms with Crippen LogP contribution >= 0.6 is 0 Å². The number of rotatable bonds is 9. The summed E-state index contributed by atoms with van der Waals surface area (Å²) in [6.45, 7) is 2.09. The summed E-state index contributed by atoms with van der Waals surface area (Å²) in [6.07, 6.45) is 3.55. The average molecular weight is 583 g/mol. The summed E-state index contributed by atoms with van der Waals surface area (Å²) >= 11 is 0. The molecule has 0 unspecified atom stereocenters. The van der Waals surface area contributed by atoms with Crippen molar-refractivity contribution in [2.75, 3.05) is 20.2 Å². The first-order valence-corrected chi connectivity index (χ1v) is 14.3. The van der Waals surface area contributed by atoms with Crippen LogP contribution in [0.15, 0.2) is 77.7 Å². The first-order chi connectivity index (χ1) is 21.0. The number of nitrogens with one attached hydrogen (secondary N) is 2. The highest BCUT2D eigenvalue weighted by Crippen LogP contribution is 2.25. The summed E-state index contributed by atoms with van der Waals surface area (Å²) in [6, 6.07) is 18.4. The van der Waals surface area contributed by atoms with Gasteiger partial charge in [0.2, 0.25) is 0 Å². The molecule has 0 radical (unpaired) electrons. The van der Waals surface area contributed by atoms with Crippen LogP contribution in [0.5, 0.6) is 11.5 Å². The van der Waals surface area contributed by atoms with Crippen LogP contribution in [0.25, 0.3) is 0 Å². The van der Waals surface area contributed by atoms with E-state index in [2.05, 4.69) is 15.6 Å². The number of aliphatic hydroxyl groups excluding tert-OH is 1.